The lowest BCUT2D eigenvalue weighted by Crippen LogP contribution is -2.33. The smallest absolute Gasteiger partial charge is 0.331 e. The van der Waals surface area contributed by atoms with E-state index in [9.17, 15) is 14.7 Å². The number of hydrogen-bond donors (Lipinski definition) is 2. The van der Waals surface area contributed by atoms with Gasteiger partial charge in [-0.3, -0.25) is 19.3 Å². The Morgan fingerprint density at radius 2 is 2.10 bits per heavy atom. The molecule has 6 nitrogen and oxygen atoms in total. The molecule has 0 spiro atoms. The molecule has 1 fully saturated rings. The summed E-state index contributed by atoms with van der Waals surface area (Å²) < 4.78 is 1.29. The lowest BCUT2D eigenvalue weighted by Gasteiger charge is -2.15. The molecule has 20 heavy (non-hydrogen) atoms. The maximum atomic E-state index is 11.9. The third kappa shape index (κ3) is 2.13. The standard InChI is InChI=1S/C14H15N3O3/c18-12-11(8-9-4-3-7-15-9)13(19)17(14(20)16-12)10-5-1-2-6-10/h3-4,7-8,10,19H,1-2,5-6H2,(H,16,18,20). The lowest BCUT2D eigenvalue weighted by atomic mass is 10.2. The molecule has 0 aromatic carbocycles. The van der Waals surface area contributed by atoms with Gasteiger partial charge in [0.15, 0.2) is 0 Å². The minimum absolute atomic E-state index is 0.0425. The van der Waals surface area contributed by atoms with Gasteiger partial charge in [0.25, 0.3) is 5.56 Å². The Morgan fingerprint density at radius 3 is 2.75 bits per heavy atom. The van der Waals surface area contributed by atoms with Crippen LogP contribution in [-0.4, -0.2) is 20.9 Å². The molecule has 1 aliphatic carbocycles. The molecule has 0 radical (unpaired) electrons. The minimum Gasteiger partial charge on any atom is -0.494 e. The van der Waals surface area contributed by atoms with E-state index in [1.54, 1.807) is 18.4 Å². The Morgan fingerprint density at radius 1 is 1.35 bits per heavy atom. The number of aromatic hydroxyl groups is 1. The van der Waals surface area contributed by atoms with Crippen LogP contribution in [0.4, 0.5) is 0 Å². The molecule has 2 N–H and O–H groups in total. The van der Waals surface area contributed by atoms with Crippen molar-refractivity contribution in [1.82, 2.24) is 9.55 Å². The Hall–Kier alpha value is -2.37. The van der Waals surface area contributed by atoms with Gasteiger partial charge in [0.1, 0.15) is 5.56 Å². The topological polar surface area (TPSA) is 87.5 Å². The van der Waals surface area contributed by atoms with Gasteiger partial charge in [0, 0.05) is 12.3 Å². The van der Waals surface area contributed by atoms with Gasteiger partial charge in [-0.15, -0.1) is 0 Å². The second kappa shape index (κ2) is 4.96. The van der Waals surface area contributed by atoms with Crippen molar-refractivity contribution in [3.8, 4) is 5.88 Å². The Balaban J connectivity index is 2.15. The van der Waals surface area contributed by atoms with Gasteiger partial charge in [0.2, 0.25) is 5.88 Å². The zero-order valence-electron chi connectivity index (χ0n) is 10.9. The molecule has 3 rings (SSSR count). The fraction of sp³-hybridized carbons (Fsp3) is 0.357. The molecular formula is C14H15N3O3. The van der Waals surface area contributed by atoms with E-state index >= 15 is 0 Å². The molecule has 0 bridgehead atoms. The summed E-state index contributed by atoms with van der Waals surface area (Å²) in [7, 11) is 0. The van der Waals surface area contributed by atoms with E-state index in [2.05, 4.69) is 9.98 Å². The first-order valence-corrected chi connectivity index (χ1v) is 6.67. The second-order valence-corrected chi connectivity index (χ2v) is 5.01. The normalized spacial score (nSPS) is 20.3. The molecule has 2 aliphatic rings. The highest BCUT2D eigenvalue weighted by Gasteiger charge is 2.23. The number of rotatable bonds is 2. The van der Waals surface area contributed by atoms with Crippen LogP contribution >= 0.6 is 0 Å². The van der Waals surface area contributed by atoms with Crippen LogP contribution in [0.5, 0.6) is 5.88 Å². The molecule has 0 amide bonds. The van der Waals surface area contributed by atoms with Crippen molar-refractivity contribution in [1.29, 1.82) is 0 Å². The van der Waals surface area contributed by atoms with E-state index in [4.69, 9.17) is 0 Å². The minimum atomic E-state index is -0.593. The fourth-order valence-corrected chi connectivity index (χ4v) is 2.73. The van der Waals surface area contributed by atoms with Crippen molar-refractivity contribution in [2.45, 2.75) is 31.7 Å². The van der Waals surface area contributed by atoms with Crippen molar-refractivity contribution < 1.29 is 5.11 Å². The van der Waals surface area contributed by atoms with E-state index in [0.29, 0.717) is 5.70 Å². The largest absolute Gasteiger partial charge is 0.494 e. The SMILES string of the molecule is O=c1[nH]c(=O)n(C2CCCC2)c(O)c1C=C1C=CC=N1. The second-order valence-electron chi connectivity index (χ2n) is 5.01. The molecule has 6 heteroatoms. The molecule has 0 unspecified atom stereocenters. The number of allylic oxidation sites excluding steroid dienone is 2. The fourth-order valence-electron chi connectivity index (χ4n) is 2.73. The first kappa shape index (κ1) is 12.7. The van der Waals surface area contributed by atoms with Crippen LogP contribution in [0, 0.1) is 0 Å². The van der Waals surface area contributed by atoms with E-state index in [-0.39, 0.29) is 17.5 Å². The number of aliphatic imine (C=N–C) groups is 1. The number of hydrogen-bond acceptors (Lipinski definition) is 4. The third-order valence-electron chi connectivity index (χ3n) is 3.71. The Bertz CT molecular complexity index is 717. The lowest BCUT2D eigenvalue weighted by molar-refractivity contribution is 0.362. The van der Waals surface area contributed by atoms with Crippen LogP contribution < -0.4 is 11.2 Å². The predicted molar refractivity (Wildman–Crippen MR) is 76.1 cm³/mol. The Labute approximate surface area is 114 Å². The van der Waals surface area contributed by atoms with Crippen LogP contribution in [0.3, 0.4) is 0 Å². The van der Waals surface area contributed by atoms with Crippen molar-refractivity contribution in [3.05, 3.63) is 44.3 Å². The van der Waals surface area contributed by atoms with Gasteiger partial charge in [-0.25, -0.2) is 4.79 Å². The highest BCUT2D eigenvalue weighted by Crippen LogP contribution is 2.31. The Kier molecular flexibility index (Phi) is 3.14. The van der Waals surface area contributed by atoms with Crippen LogP contribution in [-0.2, 0) is 0 Å². The van der Waals surface area contributed by atoms with Crippen molar-refractivity contribution in [3.63, 3.8) is 0 Å². The summed E-state index contributed by atoms with van der Waals surface area (Å²) in [6.07, 6.45) is 10.3. The average molecular weight is 273 g/mol. The van der Waals surface area contributed by atoms with Crippen molar-refractivity contribution in [2.24, 2.45) is 4.99 Å². The first-order valence-electron chi connectivity index (χ1n) is 6.67. The van der Waals surface area contributed by atoms with Crippen LogP contribution in [0.15, 0.2) is 32.4 Å². The number of nitrogens with zero attached hydrogens (tertiary/aromatic N) is 2. The van der Waals surface area contributed by atoms with E-state index < -0.39 is 11.2 Å². The van der Waals surface area contributed by atoms with Gasteiger partial charge in [-0.05, 0) is 31.1 Å². The van der Waals surface area contributed by atoms with Gasteiger partial charge in [-0.2, -0.15) is 0 Å². The molecule has 0 atom stereocenters. The van der Waals surface area contributed by atoms with E-state index in [1.165, 1.54) is 10.6 Å². The van der Waals surface area contributed by atoms with Gasteiger partial charge >= 0.3 is 5.69 Å². The summed E-state index contributed by atoms with van der Waals surface area (Å²) in [6.45, 7) is 0. The molecular weight excluding hydrogens is 258 g/mol. The summed E-state index contributed by atoms with van der Waals surface area (Å²) in [5.74, 6) is -0.270. The van der Waals surface area contributed by atoms with Crippen molar-refractivity contribution in [2.75, 3.05) is 0 Å². The summed E-state index contributed by atoms with van der Waals surface area (Å²) in [6, 6.07) is -0.0425. The molecule has 1 saturated carbocycles. The quantitative estimate of drug-likeness (QED) is 0.852. The van der Waals surface area contributed by atoms with Gasteiger partial charge in [0.05, 0.1) is 5.70 Å². The monoisotopic (exact) mass is 273 g/mol. The first-order chi connectivity index (χ1) is 9.66. The summed E-state index contributed by atoms with van der Waals surface area (Å²) in [5, 5.41) is 10.3. The van der Waals surface area contributed by atoms with E-state index in [0.717, 1.165) is 25.7 Å². The van der Waals surface area contributed by atoms with Crippen molar-refractivity contribution >= 4 is 12.3 Å². The maximum absolute atomic E-state index is 11.9. The molecule has 2 heterocycles. The number of aromatic amines is 1. The van der Waals surface area contributed by atoms with Crippen LogP contribution in [0.2, 0.25) is 0 Å². The average Bonchev–Trinajstić information content (AvgIpc) is 3.07. The zero-order chi connectivity index (χ0) is 14.1. The zero-order valence-corrected chi connectivity index (χ0v) is 10.9. The van der Waals surface area contributed by atoms with Gasteiger partial charge < -0.3 is 5.11 Å². The highest BCUT2D eigenvalue weighted by atomic mass is 16.3. The molecule has 104 valence electrons. The van der Waals surface area contributed by atoms with E-state index in [1.807, 2.05) is 0 Å². The van der Waals surface area contributed by atoms with Gasteiger partial charge in [-0.1, -0.05) is 12.8 Å². The maximum Gasteiger partial charge on any atom is 0.331 e. The highest BCUT2D eigenvalue weighted by molar-refractivity contribution is 5.79. The molecule has 1 aliphatic heterocycles. The molecule has 1 aromatic heterocycles. The summed E-state index contributed by atoms with van der Waals surface area (Å²) in [5.41, 5.74) is -0.491. The molecule has 1 aromatic rings. The molecule has 0 saturated heterocycles. The number of H-pyrrole nitrogens is 1. The van der Waals surface area contributed by atoms with Crippen LogP contribution in [0.25, 0.3) is 6.08 Å². The summed E-state index contributed by atoms with van der Waals surface area (Å²) in [4.78, 5) is 30.1. The summed E-state index contributed by atoms with van der Waals surface area (Å²) >= 11 is 0. The predicted octanol–water partition coefficient (Wildman–Crippen LogP) is 1.34. The van der Waals surface area contributed by atoms with Crippen LogP contribution in [0.1, 0.15) is 37.3 Å². The number of aromatic nitrogens is 2. The third-order valence-corrected chi connectivity index (χ3v) is 3.71. The number of nitrogens with one attached hydrogen (secondary N) is 1.